The van der Waals surface area contributed by atoms with Crippen molar-refractivity contribution < 1.29 is 0 Å². The molecular formula is C16H16Cl2N4. The summed E-state index contributed by atoms with van der Waals surface area (Å²) < 4.78 is 4.05. The highest BCUT2D eigenvalue weighted by Crippen LogP contribution is 2.24. The van der Waals surface area contributed by atoms with Gasteiger partial charge in [-0.2, -0.15) is 0 Å². The van der Waals surface area contributed by atoms with Gasteiger partial charge in [-0.1, -0.05) is 37.0 Å². The smallest absolute Gasteiger partial charge is 0.111 e. The molecule has 22 heavy (non-hydrogen) atoms. The van der Waals surface area contributed by atoms with Crippen molar-refractivity contribution in [1.29, 1.82) is 0 Å². The zero-order valence-corrected chi connectivity index (χ0v) is 13.9. The van der Waals surface area contributed by atoms with Crippen LogP contribution in [0.3, 0.4) is 0 Å². The Balaban J connectivity index is 1.84. The Hall–Kier alpha value is -1.78. The molecule has 1 aromatic carbocycles. The summed E-state index contributed by atoms with van der Waals surface area (Å²) in [6.07, 6.45) is 7.57. The third kappa shape index (κ3) is 3.03. The van der Waals surface area contributed by atoms with Crippen molar-refractivity contribution >= 4 is 23.2 Å². The van der Waals surface area contributed by atoms with Crippen LogP contribution in [0, 0.1) is 0 Å². The molecule has 0 aliphatic rings. The first-order chi connectivity index (χ1) is 10.5. The van der Waals surface area contributed by atoms with Gasteiger partial charge in [0.25, 0.3) is 0 Å². The summed E-state index contributed by atoms with van der Waals surface area (Å²) in [5.41, 5.74) is 1.90. The lowest BCUT2D eigenvalue weighted by Gasteiger charge is -2.08. The first-order valence-electron chi connectivity index (χ1n) is 7.04. The molecule has 0 atom stereocenters. The number of hydrogen-bond acceptors (Lipinski definition) is 2. The molecular weight excluding hydrogens is 319 g/mol. The predicted molar refractivity (Wildman–Crippen MR) is 89.0 cm³/mol. The quantitative estimate of drug-likeness (QED) is 0.701. The summed E-state index contributed by atoms with van der Waals surface area (Å²) in [5.74, 6) is 1.44. The van der Waals surface area contributed by atoms with E-state index >= 15 is 0 Å². The Bertz CT molecular complexity index is 789. The molecule has 4 nitrogen and oxygen atoms in total. The van der Waals surface area contributed by atoms with Crippen LogP contribution in [0.1, 0.15) is 31.3 Å². The zero-order valence-electron chi connectivity index (χ0n) is 12.4. The maximum absolute atomic E-state index is 6.06. The Morgan fingerprint density at radius 1 is 1.14 bits per heavy atom. The zero-order chi connectivity index (χ0) is 15.7. The van der Waals surface area contributed by atoms with E-state index in [1.807, 2.05) is 35.3 Å². The molecule has 0 unspecified atom stereocenters. The fourth-order valence-electron chi connectivity index (χ4n) is 2.36. The van der Waals surface area contributed by atoms with Gasteiger partial charge in [0.05, 0.1) is 28.6 Å². The number of nitrogens with zero attached hydrogens (tertiary/aromatic N) is 4. The molecule has 0 radical (unpaired) electrons. The highest BCUT2D eigenvalue weighted by molar-refractivity contribution is 6.42. The first-order valence-corrected chi connectivity index (χ1v) is 7.79. The van der Waals surface area contributed by atoms with Gasteiger partial charge in [0.1, 0.15) is 5.82 Å². The first kappa shape index (κ1) is 15.1. The highest BCUT2D eigenvalue weighted by atomic mass is 35.5. The monoisotopic (exact) mass is 334 g/mol. The van der Waals surface area contributed by atoms with Gasteiger partial charge >= 0.3 is 0 Å². The van der Waals surface area contributed by atoms with E-state index in [2.05, 4.69) is 28.4 Å². The molecule has 3 rings (SSSR count). The van der Waals surface area contributed by atoms with E-state index in [0.29, 0.717) is 22.5 Å². The molecule has 0 fully saturated rings. The van der Waals surface area contributed by atoms with E-state index in [1.165, 1.54) is 0 Å². The van der Waals surface area contributed by atoms with Crippen LogP contribution in [0.2, 0.25) is 10.0 Å². The fraction of sp³-hybridized carbons (Fsp3) is 0.250. The van der Waals surface area contributed by atoms with Crippen LogP contribution in [0.25, 0.3) is 5.69 Å². The van der Waals surface area contributed by atoms with Gasteiger partial charge in [-0.15, -0.1) is 0 Å². The molecule has 114 valence electrons. The molecule has 0 N–H and O–H groups in total. The molecule has 3 aromatic rings. The number of benzene rings is 1. The standard InChI is InChI=1S/C16H16Cl2N4/c1-11(2)16-19-5-6-21(16)8-12-9-22(10-20-12)13-3-4-14(17)15(18)7-13/h3-7,9-11H,8H2,1-2H3. The second kappa shape index (κ2) is 6.15. The average Bonchev–Trinajstić information content (AvgIpc) is 3.11. The fourth-order valence-corrected chi connectivity index (χ4v) is 2.65. The van der Waals surface area contributed by atoms with Crippen molar-refractivity contribution in [2.45, 2.75) is 26.3 Å². The number of hydrogen-bond donors (Lipinski definition) is 0. The number of halogens is 2. The molecule has 0 spiro atoms. The minimum atomic E-state index is 0.382. The molecule has 0 bridgehead atoms. The van der Waals surface area contributed by atoms with Crippen LogP contribution in [0.15, 0.2) is 43.1 Å². The van der Waals surface area contributed by atoms with Gasteiger partial charge in [-0.05, 0) is 18.2 Å². The van der Waals surface area contributed by atoms with Crippen molar-refractivity contribution in [3.05, 3.63) is 64.7 Å². The van der Waals surface area contributed by atoms with E-state index in [0.717, 1.165) is 17.2 Å². The third-order valence-corrected chi connectivity index (χ3v) is 4.17. The minimum Gasteiger partial charge on any atom is -0.329 e. The van der Waals surface area contributed by atoms with Crippen LogP contribution in [-0.2, 0) is 6.54 Å². The van der Waals surface area contributed by atoms with Crippen molar-refractivity contribution in [1.82, 2.24) is 19.1 Å². The number of aromatic nitrogens is 4. The van der Waals surface area contributed by atoms with Gasteiger partial charge in [-0.3, -0.25) is 0 Å². The second-order valence-corrected chi connectivity index (χ2v) is 6.25. The molecule has 0 aliphatic heterocycles. The lowest BCUT2D eigenvalue weighted by molar-refractivity contribution is 0.662. The van der Waals surface area contributed by atoms with Gasteiger partial charge < -0.3 is 9.13 Å². The van der Waals surface area contributed by atoms with E-state index < -0.39 is 0 Å². The molecule has 0 aliphatic carbocycles. The van der Waals surface area contributed by atoms with Gasteiger partial charge in [0.2, 0.25) is 0 Å². The molecule has 6 heteroatoms. The van der Waals surface area contributed by atoms with E-state index in [1.54, 1.807) is 12.4 Å². The Morgan fingerprint density at radius 2 is 1.95 bits per heavy atom. The Kier molecular flexibility index (Phi) is 4.23. The highest BCUT2D eigenvalue weighted by Gasteiger charge is 2.09. The van der Waals surface area contributed by atoms with Crippen molar-refractivity contribution in [3.8, 4) is 5.69 Å². The molecule has 0 saturated heterocycles. The largest absolute Gasteiger partial charge is 0.329 e. The molecule has 2 heterocycles. The van der Waals surface area contributed by atoms with Crippen molar-refractivity contribution in [2.24, 2.45) is 0 Å². The maximum Gasteiger partial charge on any atom is 0.111 e. The van der Waals surface area contributed by atoms with E-state index in [4.69, 9.17) is 23.2 Å². The second-order valence-electron chi connectivity index (χ2n) is 5.44. The third-order valence-electron chi connectivity index (χ3n) is 3.43. The van der Waals surface area contributed by atoms with Crippen molar-refractivity contribution in [2.75, 3.05) is 0 Å². The van der Waals surface area contributed by atoms with Crippen LogP contribution < -0.4 is 0 Å². The summed E-state index contributed by atoms with van der Waals surface area (Å²) >= 11 is 12.0. The lowest BCUT2D eigenvalue weighted by Crippen LogP contribution is -2.06. The van der Waals surface area contributed by atoms with Gasteiger partial charge in [-0.25, -0.2) is 9.97 Å². The summed E-state index contributed by atoms with van der Waals surface area (Å²) in [7, 11) is 0. The van der Waals surface area contributed by atoms with E-state index in [9.17, 15) is 0 Å². The van der Waals surface area contributed by atoms with Crippen molar-refractivity contribution in [3.63, 3.8) is 0 Å². The summed E-state index contributed by atoms with van der Waals surface area (Å²) in [6, 6.07) is 5.52. The molecule has 0 amide bonds. The van der Waals surface area contributed by atoms with Crippen LogP contribution in [0.5, 0.6) is 0 Å². The van der Waals surface area contributed by atoms with Crippen LogP contribution in [0.4, 0.5) is 0 Å². The lowest BCUT2D eigenvalue weighted by atomic mass is 10.2. The van der Waals surface area contributed by atoms with Gasteiger partial charge in [0.15, 0.2) is 0 Å². The normalized spacial score (nSPS) is 11.3. The number of imidazole rings is 2. The Labute approximate surface area is 139 Å². The minimum absolute atomic E-state index is 0.382. The van der Waals surface area contributed by atoms with E-state index in [-0.39, 0.29) is 0 Å². The van der Waals surface area contributed by atoms with Crippen LogP contribution >= 0.6 is 23.2 Å². The number of rotatable bonds is 4. The Morgan fingerprint density at radius 3 is 2.68 bits per heavy atom. The summed E-state index contributed by atoms with van der Waals surface area (Å²) in [4.78, 5) is 8.85. The average molecular weight is 335 g/mol. The summed E-state index contributed by atoms with van der Waals surface area (Å²) in [5, 5.41) is 1.08. The molecule has 2 aromatic heterocycles. The maximum atomic E-state index is 6.06. The predicted octanol–water partition coefficient (Wildman–Crippen LogP) is 4.55. The SMILES string of the molecule is CC(C)c1nccn1Cc1cn(-c2ccc(Cl)c(Cl)c2)cn1. The van der Waals surface area contributed by atoms with Crippen LogP contribution in [-0.4, -0.2) is 19.1 Å². The topological polar surface area (TPSA) is 35.6 Å². The summed E-state index contributed by atoms with van der Waals surface area (Å²) in [6.45, 7) is 4.96. The molecule has 0 saturated carbocycles. The van der Waals surface area contributed by atoms with Gasteiger partial charge in [0, 0.05) is 30.2 Å².